The van der Waals surface area contributed by atoms with Crippen molar-refractivity contribution in [2.75, 3.05) is 32.7 Å². The lowest BCUT2D eigenvalue weighted by molar-refractivity contribution is -0.137. The molecule has 10 heteroatoms. The molecule has 3 aliphatic heterocycles. The van der Waals surface area contributed by atoms with Crippen LogP contribution in [0.5, 0.6) is 0 Å². The van der Waals surface area contributed by atoms with Crippen molar-refractivity contribution in [1.29, 1.82) is 0 Å². The zero-order valence-corrected chi connectivity index (χ0v) is 19.2. The molecule has 1 atom stereocenters. The molecule has 1 aromatic heterocycles. The fourth-order valence-electron chi connectivity index (χ4n) is 5.11. The first kappa shape index (κ1) is 23.1. The molecule has 0 aromatic carbocycles. The maximum atomic E-state index is 13.1. The lowest BCUT2D eigenvalue weighted by Crippen LogP contribution is -2.53. The van der Waals surface area contributed by atoms with Gasteiger partial charge in [0.05, 0.1) is 11.9 Å². The van der Waals surface area contributed by atoms with Gasteiger partial charge in [-0.2, -0.15) is 0 Å². The number of imide groups is 1. The van der Waals surface area contributed by atoms with Crippen LogP contribution in [0.25, 0.3) is 0 Å². The monoisotopic (exact) mass is 456 g/mol. The number of carbonyl (C=O) groups excluding carboxylic acids is 4. The predicted molar refractivity (Wildman–Crippen MR) is 119 cm³/mol. The van der Waals surface area contributed by atoms with Crippen LogP contribution in [-0.2, 0) is 9.59 Å². The third-order valence-corrected chi connectivity index (χ3v) is 6.95. The summed E-state index contributed by atoms with van der Waals surface area (Å²) in [7, 11) is 0. The van der Waals surface area contributed by atoms with Gasteiger partial charge in [0.25, 0.3) is 5.91 Å². The van der Waals surface area contributed by atoms with E-state index in [1.165, 1.54) is 6.20 Å². The molecule has 5 amide bonds. The molecule has 0 saturated carbocycles. The SMILES string of the molecule is Cc1cnc(C(=O)N2CCC(C3CCCCN3C(=O)CCN3C(=O)CCNC3=O)CC2)cn1. The summed E-state index contributed by atoms with van der Waals surface area (Å²) < 4.78 is 0. The van der Waals surface area contributed by atoms with E-state index in [0.717, 1.165) is 42.7 Å². The normalized spacial score (nSPS) is 22.3. The van der Waals surface area contributed by atoms with Crippen molar-refractivity contribution in [3.63, 3.8) is 0 Å². The molecule has 4 heterocycles. The molecule has 1 unspecified atom stereocenters. The fraction of sp³-hybridized carbons (Fsp3) is 0.652. The number of urea groups is 1. The van der Waals surface area contributed by atoms with Crippen LogP contribution in [0, 0.1) is 12.8 Å². The topological polar surface area (TPSA) is 116 Å². The Kier molecular flexibility index (Phi) is 7.20. The Balaban J connectivity index is 1.32. The van der Waals surface area contributed by atoms with E-state index in [-0.39, 0.29) is 43.1 Å². The van der Waals surface area contributed by atoms with Crippen molar-refractivity contribution in [3.8, 4) is 0 Å². The van der Waals surface area contributed by atoms with Crippen molar-refractivity contribution < 1.29 is 19.2 Å². The van der Waals surface area contributed by atoms with E-state index in [9.17, 15) is 19.2 Å². The van der Waals surface area contributed by atoms with Crippen molar-refractivity contribution in [2.24, 2.45) is 5.92 Å². The highest BCUT2D eigenvalue weighted by Crippen LogP contribution is 2.31. The van der Waals surface area contributed by atoms with E-state index in [1.807, 2.05) is 16.7 Å². The number of amides is 5. The summed E-state index contributed by atoms with van der Waals surface area (Å²) in [5, 5.41) is 2.65. The number of hydrogen-bond acceptors (Lipinski definition) is 6. The van der Waals surface area contributed by atoms with Gasteiger partial charge >= 0.3 is 6.03 Å². The van der Waals surface area contributed by atoms with Gasteiger partial charge in [-0.05, 0) is 44.9 Å². The van der Waals surface area contributed by atoms with E-state index in [0.29, 0.717) is 37.8 Å². The van der Waals surface area contributed by atoms with Crippen LogP contribution in [0.15, 0.2) is 12.4 Å². The molecule has 0 aliphatic carbocycles. The molecule has 0 spiro atoms. The maximum Gasteiger partial charge on any atom is 0.324 e. The highest BCUT2D eigenvalue weighted by atomic mass is 16.2. The lowest BCUT2D eigenvalue weighted by atomic mass is 9.83. The van der Waals surface area contributed by atoms with E-state index in [1.54, 1.807) is 6.20 Å². The van der Waals surface area contributed by atoms with Crippen molar-refractivity contribution in [1.82, 2.24) is 30.0 Å². The molecule has 0 radical (unpaired) electrons. The van der Waals surface area contributed by atoms with Crippen LogP contribution in [0.4, 0.5) is 4.79 Å². The van der Waals surface area contributed by atoms with Gasteiger partial charge in [0.2, 0.25) is 11.8 Å². The smallest absolute Gasteiger partial charge is 0.324 e. The standard InChI is InChI=1S/C23H32N6O4/c1-16-14-26-18(15-25-16)22(32)27-11-6-17(7-12-27)19-4-2-3-10-28(19)21(31)8-13-29-20(30)5-9-24-23(29)33/h14-15,17,19H,2-13H2,1H3,(H,24,33). The quantitative estimate of drug-likeness (QED) is 0.715. The highest BCUT2D eigenvalue weighted by molar-refractivity contribution is 5.97. The molecule has 178 valence electrons. The maximum absolute atomic E-state index is 13.1. The number of likely N-dealkylation sites (tertiary alicyclic amines) is 2. The minimum Gasteiger partial charge on any atom is -0.339 e. The van der Waals surface area contributed by atoms with E-state index >= 15 is 0 Å². The third-order valence-electron chi connectivity index (χ3n) is 6.95. The number of piperidine rings is 2. The minimum absolute atomic E-state index is 0.000640. The van der Waals surface area contributed by atoms with Crippen LogP contribution in [0.1, 0.15) is 61.1 Å². The summed E-state index contributed by atoms with van der Waals surface area (Å²) >= 11 is 0. The van der Waals surface area contributed by atoms with Crippen LogP contribution in [0.3, 0.4) is 0 Å². The van der Waals surface area contributed by atoms with Gasteiger partial charge < -0.3 is 15.1 Å². The number of aryl methyl sites for hydroxylation is 1. The van der Waals surface area contributed by atoms with E-state index in [4.69, 9.17) is 0 Å². The summed E-state index contributed by atoms with van der Waals surface area (Å²) in [5.41, 5.74) is 1.14. The van der Waals surface area contributed by atoms with Gasteiger partial charge in [0.15, 0.2) is 0 Å². The first-order valence-electron chi connectivity index (χ1n) is 11.9. The number of nitrogens with one attached hydrogen (secondary N) is 1. The molecule has 3 saturated heterocycles. The molecule has 10 nitrogen and oxygen atoms in total. The Bertz CT molecular complexity index is 881. The van der Waals surface area contributed by atoms with Crippen LogP contribution >= 0.6 is 0 Å². The molecule has 3 fully saturated rings. The van der Waals surface area contributed by atoms with Crippen molar-refractivity contribution in [2.45, 2.75) is 57.9 Å². The highest BCUT2D eigenvalue weighted by Gasteiger charge is 2.36. The average Bonchev–Trinajstić information content (AvgIpc) is 2.84. The van der Waals surface area contributed by atoms with E-state index < -0.39 is 6.03 Å². The lowest BCUT2D eigenvalue weighted by Gasteiger charge is -2.44. The summed E-state index contributed by atoms with van der Waals surface area (Å²) in [6, 6.07) is -0.266. The number of rotatable bonds is 5. The van der Waals surface area contributed by atoms with Gasteiger partial charge in [-0.1, -0.05) is 0 Å². The second-order valence-corrected chi connectivity index (χ2v) is 9.10. The van der Waals surface area contributed by atoms with Gasteiger partial charge in [0.1, 0.15) is 5.69 Å². The molecule has 33 heavy (non-hydrogen) atoms. The first-order valence-corrected chi connectivity index (χ1v) is 11.9. The van der Waals surface area contributed by atoms with E-state index in [2.05, 4.69) is 15.3 Å². The Morgan fingerprint density at radius 1 is 1.06 bits per heavy atom. The second-order valence-electron chi connectivity index (χ2n) is 9.10. The second kappa shape index (κ2) is 10.3. The molecule has 3 aliphatic rings. The average molecular weight is 457 g/mol. The molecule has 1 aromatic rings. The Morgan fingerprint density at radius 3 is 2.55 bits per heavy atom. The molecular formula is C23H32N6O4. The number of hydrogen-bond donors (Lipinski definition) is 1. The molecule has 0 bridgehead atoms. The summed E-state index contributed by atoms with van der Waals surface area (Å²) in [6.07, 6.45) is 8.24. The molecule has 4 rings (SSSR count). The van der Waals surface area contributed by atoms with Crippen LogP contribution in [-0.4, -0.2) is 87.2 Å². The largest absolute Gasteiger partial charge is 0.339 e. The molecular weight excluding hydrogens is 424 g/mol. The first-order chi connectivity index (χ1) is 15.9. The van der Waals surface area contributed by atoms with Gasteiger partial charge in [0, 0.05) is 57.8 Å². The Morgan fingerprint density at radius 2 is 1.85 bits per heavy atom. The zero-order valence-electron chi connectivity index (χ0n) is 19.2. The number of aromatic nitrogens is 2. The van der Waals surface area contributed by atoms with Gasteiger partial charge in [-0.15, -0.1) is 0 Å². The number of nitrogens with zero attached hydrogens (tertiary/aromatic N) is 5. The Labute approximate surface area is 193 Å². The summed E-state index contributed by atoms with van der Waals surface area (Å²) in [4.78, 5) is 63.1. The van der Waals surface area contributed by atoms with Crippen molar-refractivity contribution >= 4 is 23.8 Å². The fourth-order valence-corrected chi connectivity index (χ4v) is 5.11. The number of carbonyl (C=O) groups is 4. The van der Waals surface area contributed by atoms with Crippen molar-refractivity contribution in [3.05, 3.63) is 23.8 Å². The zero-order chi connectivity index (χ0) is 23.4. The van der Waals surface area contributed by atoms with Crippen LogP contribution < -0.4 is 5.32 Å². The minimum atomic E-state index is -0.412. The molecule has 1 N–H and O–H groups in total. The summed E-state index contributed by atoms with van der Waals surface area (Å²) in [6.45, 7) is 4.30. The van der Waals surface area contributed by atoms with Gasteiger partial charge in [-0.3, -0.25) is 24.3 Å². The summed E-state index contributed by atoms with van der Waals surface area (Å²) in [5.74, 6) is 0.0145. The third kappa shape index (κ3) is 5.31. The van der Waals surface area contributed by atoms with Gasteiger partial charge in [-0.25, -0.2) is 9.78 Å². The Hall–Kier alpha value is -3.04. The predicted octanol–water partition coefficient (Wildman–Crippen LogP) is 1.35. The van der Waals surface area contributed by atoms with Crippen LogP contribution in [0.2, 0.25) is 0 Å².